The molecular weight excluding hydrogens is 232 g/mol. The molecule has 0 saturated heterocycles. The zero-order valence-corrected chi connectivity index (χ0v) is 11.4. The van der Waals surface area contributed by atoms with Gasteiger partial charge in [-0.25, -0.2) is 0 Å². The molecule has 17 heavy (non-hydrogen) atoms. The fourth-order valence-electron chi connectivity index (χ4n) is 1.46. The highest BCUT2D eigenvalue weighted by molar-refractivity contribution is 7.98. The molecule has 0 aromatic heterocycles. The first kappa shape index (κ1) is 14.1. The van der Waals surface area contributed by atoms with Crippen molar-refractivity contribution in [3.63, 3.8) is 0 Å². The first-order valence-electron chi connectivity index (χ1n) is 5.69. The molecule has 0 aliphatic heterocycles. The summed E-state index contributed by atoms with van der Waals surface area (Å²) in [5, 5.41) is 2.91. The van der Waals surface area contributed by atoms with Crippen LogP contribution in [0.5, 0.6) is 0 Å². The van der Waals surface area contributed by atoms with E-state index in [1.54, 1.807) is 11.8 Å². The molecule has 4 heteroatoms. The van der Waals surface area contributed by atoms with Gasteiger partial charge in [0, 0.05) is 23.9 Å². The summed E-state index contributed by atoms with van der Waals surface area (Å²) in [5.74, 6) is -0.113. The second-order valence-corrected chi connectivity index (χ2v) is 5.02. The highest BCUT2D eigenvalue weighted by Crippen LogP contribution is 2.21. The lowest BCUT2D eigenvalue weighted by molar-refractivity contribution is -0.124. The monoisotopic (exact) mass is 252 g/mol. The summed E-state index contributed by atoms with van der Waals surface area (Å²) in [7, 11) is 0. The smallest absolute Gasteiger partial charge is 0.224 e. The summed E-state index contributed by atoms with van der Waals surface area (Å²) in [4.78, 5) is 12.8. The van der Waals surface area contributed by atoms with Crippen LogP contribution in [0.3, 0.4) is 0 Å². The van der Waals surface area contributed by atoms with Gasteiger partial charge in [-0.15, -0.1) is 11.8 Å². The van der Waals surface area contributed by atoms with Crippen LogP contribution >= 0.6 is 11.8 Å². The van der Waals surface area contributed by atoms with Crippen molar-refractivity contribution in [3.8, 4) is 0 Å². The van der Waals surface area contributed by atoms with Crippen molar-refractivity contribution in [2.45, 2.75) is 25.3 Å². The minimum Gasteiger partial charge on any atom is -0.352 e. The molecule has 0 fully saturated rings. The number of nitrogens with two attached hydrogens (primary N) is 1. The molecule has 0 radical (unpaired) electrons. The molecule has 0 spiro atoms. The van der Waals surface area contributed by atoms with Gasteiger partial charge in [0.1, 0.15) is 0 Å². The summed E-state index contributed by atoms with van der Waals surface area (Å²) >= 11 is 1.70. The van der Waals surface area contributed by atoms with Crippen molar-refractivity contribution in [1.29, 1.82) is 0 Å². The number of carbonyl (C=O) groups is 1. The quantitative estimate of drug-likeness (QED) is 0.787. The van der Waals surface area contributed by atoms with Crippen LogP contribution in [0.1, 0.15) is 18.1 Å². The molecule has 0 saturated carbocycles. The first-order chi connectivity index (χ1) is 8.08. The Bertz CT molecular complexity index is 393. The standard InChI is InChI=1S/C13H20N2OS/c1-9-4-5-11(12(6-9)17-3)8-15-13(16)10(2)7-14/h4-6,10H,7-8,14H2,1-3H3,(H,15,16). The average Bonchev–Trinajstić information content (AvgIpc) is 2.35. The molecule has 1 aromatic rings. The molecule has 1 rings (SSSR count). The molecule has 1 amide bonds. The number of aryl methyl sites for hydroxylation is 1. The zero-order chi connectivity index (χ0) is 12.8. The third kappa shape index (κ3) is 4.06. The van der Waals surface area contributed by atoms with Crippen LogP contribution in [0.2, 0.25) is 0 Å². The number of rotatable bonds is 5. The van der Waals surface area contributed by atoms with Crippen LogP contribution in [0.4, 0.5) is 0 Å². The predicted octanol–water partition coefficient (Wildman–Crippen LogP) is 1.93. The Morgan fingerprint density at radius 1 is 1.53 bits per heavy atom. The van der Waals surface area contributed by atoms with E-state index in [0.717, 1.165) is 5.56 Å². The van der Waals surface area contributed by atoms with Crippen LogP contribution in [0, 0.1) is 12.8 Å². The molecule has 94 valence electrons. The van der Waals surface area contributed by atoms with Gasteiger partial charge in [0.15, 0.2) is 0 Å². The molecule has 1 aromatic carbocycles. The molecule has 1 atom stereocenters. The number of hydrogen-bond donors (Lipinski definition) is 2. The van der Waals surface area contributed by atoms with Crippen molar-refractivity contribution in [1.82, 2.24) is 5.32 Å². The highest BCUT2D eigenvalue weighted by Gasteiger charge is 2.10. The third-order valence-corrected chi connectivity index (χ3v) is 3.52. The van der Waals surface area contributed by atoms with E-state index in [-0.39, 0.29) is 11.8 Å². The van der Waals surface area contributed by atoms with Gasteiger partial charge in [0.05, 0.1) is 0 Å². The highest BCUT2D eigenvalue weighted by atomic mass is 32.2. The summed E-state index contributed by atoms with van der Waals surface area (Å²) < 4.78 is 0. The van der Waals surface area contributed by atoms with E-state index in [0.29, 0.717) is 13.1 Å². The minimum absolute atomic E-state index is 0.0140. The van der Waals surface area contributed by atoms with Gasteiger partial charge < -0.3 is 11.1 Å². The lowest BCUT2D eigenvalue weighted by atomic mass is 10.1. The Morgan fingerprint density at radius 3 is 2.82 bits per heavy atom. The molecule has 3 nitrogen and oxygen atoms in total. The molecule has 0 aliphatic rings. The molecule has 0 heterocycles. The Labute approximate surface area is 107 Å². The SMILES string of the molecule is CSc1cc(C)ccc1CNC(=O)C(C)CN. The van der Waals surface area contributed by atoms with Crippen molar-refractivity contribution >= 4 is 17.7 Å². The number of thioether (sulfide) groups is 1. The van der Waals surface area contributed by atoms with E-state index >= 15 is 0 Å². The maximum absolute atomic E-state index is 11.6. The van der Waals surface area contributed by atoms with Gasteiger partial charge in [0.25, 0.3) is 0 Å². The van der Waals surface area contributed by atoms with Gasteiger partial charge in [0.2, 0.25) is 5.91 Å². The van der Waals surface area contributed by atoms with E-state index in [9.17, 15) is 4.79 Å². The number of hydrogen-bond acceptors (Lipinski definition) is 3. The molecule has 0 bridgehead atoms. The topological polar surface area (TPSA) is 55.1 Å². The Balaban J connectivity index is 2.66. The molecule has 1 unspecified atom stereocenters. The largest absolute Gasteiger partial charge is 0.352 e. The zero-order valence-electron chi connectivity index (χ0n) is 10.6. The van der Waals surface area contributed by atoms with Crippen LogP contribution in [-0.2, 0) is 11.3 Å². The van der Waals surface area contributed by atoms with E-state index in [1.165, 1.54) is 10.5 Å². The molecule has 3 N–H and O–H groups in total. The molecular formula is C13H20N2OS. The average molecular weight is 252 g/mol. The van der Waals surface area contributed by atoms with Gasteiger partial charge in [-0.1, -0.05) is 19.1 Å². The fourth-order valence-corrected chi connectivity index (χ4v) is 2.17. The Kier molecular flexibility index (Phi) is 5.51. The Hall–Kier alpha value is -1.00. The summed E-state index contributed by atoms with van der Waals surface area (Å²) in [6.07, 6.45) is 2.04. The van der Waals surface area contributed by atoms with Crippen LogP contribution in [0.15, 0.2) is 23.1 Å². The van der Waals surface area contributed by atoms with Gasteiger partial charge in [-0.05, 0) is 30.4 Å². The van der Waals surface area contributed by atoms with Gasteiger partial charge in [-0.2, -0.15) is 0 Å². The van der Waals surface area contributed by atoms with Crippen LogP contribution in [0.25, 0.3) is 0 Å². The first-order valence-corrected chi connectivity index (χ1v) is 6.92. The lowest BCUT2D eigenvalue weighted by Crippen LogP contribution is -2.32. The third-order valence-electron chi connectivity index (χ3n) is 2.70. The molecule has 0 aliphatic carbocycles. The van der Waals surface area contributed by atoms with Crippen molar-refractivity contribution in [2.75, 3.05) is 12.8 Å². The van der Waals surface area contributed by atoms with Crippen molar-refractivity contribution in [3.05, 3.63) is 29.3 Å². The minimum atomic E-state index is -0.127. The number of nitrogens with one attached hydrogen (secondary N) is 1. The van der Waals surface area contributed by atoms with Gasteiger partial charge >= 0.3 is 0 Å². The van der Waals surface area contributed by atoms with E-state index in [2.05, 4.69) is 30.4 Å². The van der Waals surface area contributed by atoms with Crippen LogP contribution in [-0.4, -0.2) is 18.7 Å². The summed E-state index contributed by atoms with van der Waals surface area (Å²) in [6.45, 7) is 4.85. The Morgan fingerprint density at radius 2 is 2.24 bits per heavy atom. The fraction of sp³-hybridized carbons (Fsp3) is 0.462. The predicted molar refractivity (Wildman–Crippen MR) is 73.0 cm³/mol. The normalized spacial score (nSPS) is 12.2. The van der Waals surface area contributed by atoms with E-state index < -0.39 is 0 Å². The maximum atomic E-state index is 11.6. The van der Waals surface area contributed by atoms with Crippen LogP contribution < -0.4 is 11.1 Å². The number of amides is 1. The van der Waals surface area contributed by atoms with E-state index in [4.69, 9.17) is 5.73 Å². The van der Waals surface area contributed by atoms with Crippen molar-refractivity contribution in [2.24, 2.45) is 11.7 Å². The summed E-state index contributed by atoms with van der Waals surface area (Å²) in [6, 6.07) is 6.26. The second-order valence-electron chi connectivity index (χ2n) is 4.17. The summed E-state index contributed by atoms with van der Waals surface area (Å²) in [5.41, 5.74) is 7.84. The number of benzene rings is 1. The van der Waals surface area contributed by atoms with Gasteiger partial charge in [-0.3, -0.25) is 4.79 Å². The second kappa shape index (κ2) is 6.67. The lowest BCUT2D eigenvalue weighted by Gasteiger charge is -2.12. The number of carbonyl (C=O) groups excluding carboxylic acids is 1. The maximum Gasteiger partial charge on any atom is 0.224 e. The van der Waals surface area contributed by atoms with E-state index in [1.807, 2.05) is 13.2 Å². The van der Waals surface area contributed by atoms with Crippen molar-refractivity contribution < 1.29 is 4.79 Å².